The molecule has 0 N–H and O–H groups in total. The summed E-state index contributed by atoms with van der Waals surface area (Å²) < 4.78 is 24.3. The van der Waals surface area contributed by atoms with Crippen LogP contribution in [0, 0.1) is 0 Å². The molecule has 40 heavy (non-hydrogen) atoms. The number of carbonyl (C=O) groups excluding carboxylic acids is 4. The fourth-order valence-corrected chi connectivity index (χ4v) is 5.07. The first kappa shape index (κ1) is 28.2. The molecule has 12 heteroatoms. The van der Waals surface area contributed by atoms with Crippen LogP contribution in [0.4, 0.5) is 0 Å². The molecule has 0 atom stereocenters. The fraction of sp³-hybridized carbons (Fsp3) is 0. The first-order valence-electron chi connectivity index (χ1n) is 11.2. The molecule has 0 saturated carbocycles. The fourth-order valence-electron chi connectivity index (χ4n) is 3.62. The summed E-state index contributed by atoms with van der Waals surface area (Å²) in [6, 6.07) is 17.5. The highest BCUT2D eigenvalue weighted by atomic mass is 79.9. The predicted octanol–water partition coefficient (Wildman–Crippen LogP) is 7.93. The van der Waals surface area contributed by atoms with Crippen LogP contribution in [0.15, 0.2) is 90.7 Å². The lowest BCUT2D eigenvalue weighted by Crippen LogP contribution is -2.20. The molecule has 8 nitrogen and oxygen atoms in total. The number of rotatable bonds is 0. The minimum absolute atomic E-state index is 0.110. The van der Waals surface area contributed by atoms with Gasteiger partial charge in [-0.15, -0.1) is 0 Å². The zero-order valence-corrected chi connectivity index (χ0v) is 26.1. The second kappa shape index (κ2) is 11.7. The summed E-state index contributed by atoms with van der Waals surface area (Å²) in [5.41, 5.74) is -0.442. The minimum atomic E-state index is -0.905. The van der Waals surface area contributed by atoms with Crippen LogP contribution in [-0.4, -0.2) is 23.9 Å². The van der Waals surface area contributed by atoms with Crippen molar-refractivity contribution in [3.8, 4) is 23.0 Å². The first-order valence-corrected chi connectivity index (χ1v) is 14.3. The Labute approximate surface area is 260 Å². The second-order valence-corrected chi connectivity index (χ2v) is 11.8. The van der Waals surface area contributed by atoms with Crippen molar-refractivity contribution in [3.63, 3.8) is 0 Å². The molecule has 0 radical (unpaired) electrons. The van der Waals surface area contributed by atoms with Crippen molar-refractivity contribution in [3.05, 3.63) is 113 Å². The number of ether oxygens (including phenoxy) is 4. The monoisotopic (exact) mass is 792 g/mol. The number of hydrogen-bond donors (Lipinski definition) is 0. The van der Waals surface area contributed by atoms with Crippen LogP contribution in [0.25, 0.3) is 0 Å². The van der Waals surface area contributed by atoms with Crippen LogP contribution in [0.1, 0.15) is 41.4 Å². The summed E-state index contributed by atoms with van der Waals surface area (Å²) >= 11 is 13.2. The quantitative estimate of drug-likeness (QED) is 0.131. The van der Waals surface area contributed by atoms with Gasteiger partial charge in [-0.1, -0.05) is 63.7 Å². The van der Waals surface area contributed by atoms with Gasteiger partial charge in [-0.2, -0.15) is 0 Å². The summed E-state index contributed by atoms with van der Waals surface area (Å²) in [7, 11) is 0. The first-order chi connectivity index (χ1) is 19.1. The molecule has 4 aromatic rings. The third-order valence-corrected chi connectivity index (χ3v) is 7.43. The summed E-state index contributed by atoms with van der Waals surface area (Å²) in [5.74, 6) is -4.13. The number of carbonyl (C=O) groups is 4. The largest absolute Gasteiger partial charge is 0.422 e. The molecule has 5 rings (SSSR count). The molecule has 0 unspecified atom stereocenters. The topological polar surface area (TPSA) is 105 Å². The maximum atomic E-state index is 13.3. The third-order valence-electron chi connectivity index (χ3n) is 5.46. The lowest BCUT2D eigenvalue weighted by molar-refractivity contribution is 0.0687. The lowest BCUT2D eigenvalue weighted by atomic mass is 10.1. The van der Waals surface area contributed by atoms with E-state index < -0.39 is 23.9 Å². The van der Waals surface area contributed by atoms with E-state index in [-0.39, 0.29) is 45.3 Å². The van der Waals surface area contributed by atoms with Crippen molar-refractivity contribution >= 4 is 87.6 Å². The van der Waals surface area contributed by atoms with Crippen molar-refractivity contribution in [1.82, 2.24) is 0 Å². The van der Waals surface area contributed by atoms with Gasteiger partial charge in [-0.3, -0.25) is 0 Å². The van der Waals surface area contributed by atoms with Gasteiger partial charge >= 0.3 is 23.9 Å². The van der Waals surface area contributed by atoms with E-state index in [1.807, 2.05) is 0 Å². The van der Waals surface area contributed by atoms with E-state index in [4.69, 9.17) is 18.9 Å². The average molecular weight is 796 g/mol. The molecule has 0 amide bonds. The van der Waals surface area contributed by atoms with Gasteiger partial charge in [0.2, 0.25) is 0 Å². The Morgan fingerprint density at radius 2 is 0.550 bits per heavy atom. The molecule has 0 fully saturated rings. The second-order valence-electron chi connectivity index (χ2n) is 8.12. The molecular weight excluding hydrogens is 784 g/mol. The van der Waals surface area contributed by atoms with Gasteiger partial charge in [0.25, 0.3) is 0 Å². The van der Waals surface area contributed by atoms with Crippen LogP contribution in [-0.2, 0) is 0 Å². The van der Waals surface area contributed by atoms with Crippen molar-refractivity contribution < 1.29 is 38.1 Å². The predicted molar refractivity (Wildman–Crippen MR) is 156 cm³/mol. The SMILES string of the molecule is O=C1Oc2ccc(Br)cc2C(=O)Oc2ccc(Br)cc2C(=O)Oc2ccc(Br)cc2C(=O)Oc2ccc(Br)cc21. The van der Waals surface area contributed by atoms with Gasteiger partial charge in [-0.05, 0) is 72.8 Å². The normalized spacial score (nSPS) is 13.5. The van der Waals surface area contributed by atoms with Crippen LogP contribution >= 0.6 is 63.7 Å². The zero-order valence-electron chi connectivity index (χ0n) is 19.7. The highest BCUT2D eigenvalue weighted by molar-refractivity contribution is 9.11. The van der Waals surface area contributed by atoms with Crippen LogP contribution in [0.5, 0.6) is 23.0 Å². The van der Waals surface area contributed by atoms with Gasteiger partial charge in [0.1, 0.15) is 45.3 Å². The maximum absolute atomic E-state index is 13.3. The van der Waals surface area contributed by atoms with Gasteiger partial charge in [0.15, 0.2) is 0 Å². The Bertz CT molecular complexity index is 1480. The molecule has 0 spiro atoms. The van der Waals surface area contributed by atoms with E-state index in [0.29, 0.717) is 17.9 Å². The van der Waals surface area contributed by atoms with Crippen molar-refractivity contribution in [2.24, 2.45) is 0 Å². The molecule has 1 heterocycles. The summed E-state index contributed by atoms with van der Waals surface area (Å²) in [6.07, 6.45) is 0. The summed E-state index contributed by atoms with van der Waals surface area (Å²) in [5, 5.41) is 0. The van der Waals surface area contributed by atoms with Crippen molar-refractivity contribution in [2.75, 3.05) is 0 Å². The van der Waals surface area contributed by atoms with Crippen molar-refractivity contribution in [1.29, 1.82) is 0 Å². The summed E-state index contributed by atoms with van der Waals surface area (Å²) in [4.78, 5) is 53.2. The maximum Gasteiger partial charge on any atom is 0.347 e. The number of benzene rings is 4. The van der Waals surface area contributed by atoms with Crippen molar-refractivity contribution in [2.45, 2.75) is 0 Å². The number of fused-ring (bicyclic) bond motifs is 4. The molecule has 1 aliphatic rings. The Morgan fingerprint density at radius 3 is 0.750 bits per heavy atom. The van der Waals surface area contributed by atoms with E-state index in [1.54, 1.807) is 24.3 Å². The smallest absolute Gasteiger partial charge is 0.347 e. The molecule has 0 aromatic heterocycles. The van der Waals surface area contributed by atoms with Gasteiger partial charge < -0.3 is 18.9 Å². The zero-order chi connectivity index (χ0) is 28.6. The van der Waals surface area contributed by atoms with E-state index in [2.05, 4.69) is 63.7 Å². The number of hydrogen-bond acceptors (Lipinski definition) is 8. The van der Waals surface area contributed by atoms with E-state index in [0.717, 1.165) is 0 Å². The Balaban J connectivity index is 1.70. The Hall–Kier alpha value is -3.32. The summed E-state index contributed by atoms with van der Waals surface area (Å²) in [6.45, 7) is 0. The average Bonchev–Trinajstić information content (AvgIpc) is 2.91. The molecule has 1 aliphatic heterocycles. The lowest BCUT2D eigenvalue weighted by Gasteiger charge is -2.16. The standard InChI is InChI=1S/C28H12Br4O8/c29-13-1-5-21-17(9-13)25(33)38-23-7-3-15(31)11-19(23)27(35)40-24-8-4-16(32)12-20(24)28(36)39-22-6-2-14(30)10-18(22)26(34)37-21/h1-12H. The van der Waals surface area contributed by atoms with Gasteiger partial charge in [-0.25, -0.2) is 19.2 Å². The van der Waals surface area contributed by atoms with Gasteiger partial charge in [0, 0.05) is 17.9 Å². The van der Waals surface area contributed by atoms with Gasteiger partial charge in [0.05, 0.1) is 0 Å². The molecule has 4 aromatic carbocycles. The van der Waals surface area contributed by atoms with E-state index in [1.165, 1.54) is 48.5 Å². The van der Waals surface area contributed by atoms with Crippen LogP contribution < -0.4 is 18.9 Å². The van der Waals surface area contributed by atoms with Crippen LogP contribution in [0.3, 0.4) is 0 Å². The highest BCUT2D eigenvalue weighted by Gasteiger charge is 2.27. The highest BCUT2D eigenvalue weighted by Crippen LogP contribution is 2.33. The van der Waals surface area contributed by atoms with E-state index >= 15 is 0 Å². The van der Waals surface area contributed by atoms with Crippen LogP contribution in [0.2, 0.25) is 0 Å². The molecule has 0 aliphatic carbocycles. The molecule has 200 valence electrons. The Kier molecular flexibility index (Phi) is 8.22. The number of halogens is 4. The van der Waals surface area contributed by atoms with E-state index in [9.17, 15) is 19.2 Å². The molecule has 0 bridgehead atoms. The molecular formula is C28H12Br4O8. The Morgan fingerprint density at radius 1 is 0.350 bits per heavy atom. The molecule has 0 saturated heterocycles. The third kappa shape index (κ3) is 6.04. The number of esters is 4. The minimum Gasteiger partial charge on any atom is -0.422 e.